The molecule has 208 valence electrons. The van der Waals surface area contributed by atoms with Crippen molar-refractivity contribution in [1.82, 2.24) is 25.5 Å². The van der Waals surface area contributed by atoms with Gasteiger partial charge in [-0.3, -0.25) is 14.4 Å². The topological polar surface area (TPSA) is 128 Å². The maximum atomic E-state index is 12.7. The van der Waals surface area contributed by atoms with Gasteiger partial charge in [0.05, 0.1) is 17.4 Å². The number of amides is 3. The van der Waals surface area contributed by atoms with Crippen molar-refractivity contribution in [3.63, 3.8) is 0 Å². The number of nitrogens with one attached hydrogen (secondary N) is 4. The summed E-state index contributed by atoms with van der Waals surface area (Å²) in [6, 6.07) is 13.1. The predicted octanol–water partition coefficient (Wildman–Crippen LogP) is 4.33. The lowest BCUT2D eigenvalue weighted by Gasteiger charge is -2.29. The number of nitrogens with zero attached hydrogens (tertiary/aromatic N) is 3. The quantitative estimate of drug-likeness (QED) is 0.202. The van der Waals surface area contributed by atoms with Gasteiger partial charge in [-0.1, -0.05) is 36.4 Å². The number of carbonyl (C=O) groups excluding carboxylic acids is 3. The minimum absolute atomic E-state index is 0.121. The van der Waals surface area contributed by atoms with Gasteiger partial charge in [0.25, 0.3) is 5.91 Å². The van der Waals surface area contributed by atoms with Crippen LogP contribution in [0.15, 0.2) is 61.3 Å². The van der Waals surface area contributed by atoms with E-state index in [1.54, 1.807) is 25.2 Å². The lowest BCUT2D eigenvalue weighted by molar-refractivity contribution is -0.132. The van der Waals surface area contributed by atoms with Crippen molar-refractivity contribution in [3.05, 3.63) is 83.0 Å². The number of halogens is 1. The number of carbonyl (C=O) groups is 3. The minimum atomic E-state index is -0.227. The van der Waals surface area contributed by atoms with Crippen LogP contribution in [-0.2, 0) is 22.6 Å². The lowest BCUT2D eigenvalue weighted by atomic mass is 9.98. The highest BCUT2D eigenvalue weighted by Gasteiger charge is 2.21. The van der Waals surface area contributed by atoms with Gasteiger partial charge < -0.3 is 26.2 Å². The Kier molecular flexibility index (Phi) is 9.69. The van der Waals surface area contributed by atoms with E-state index in [4.69, 9.17) is 11.6 Å². The van der Waals surface area contributed by atoms with E-state index >= 15 is 0 Å². The SMILES string of the molecule is C=CC(=O)NCCCCC(=O)N1CCc2cc(Nc3ncc(Cl)c(Nc4ccccc4C(=O)NC)n3)ccc2C1. The first kappa shape index (κ1) is 28.6. The zero-order chi connectivity index (χ0) is 28.5. The second kappa shape index (κ2) is 13.6. The average molecular weight is 562 g/mol. The van der Waals surface area contributed by atoms with Gasteiger partial charge in [0.2, 0.25) is 17.8 Å². The number of para-hydroxylation sites is 1. The summed E-state index contributed by atoms with van der Waals surface area (Å²) in [6.45, 7) is 5.18. The summed E-state index contributed by atoms with van der Waals surface area (Å²) in [6.07, 6.45) is 5.41. The van der Waals surface area contributed by atoms with E-state index in [9.17, 15) is 14.4 Å². The number of hydrogen-bond donors (Lipinski definition) is 4. The third-order valence-electron chi connectivity index (χ3n) is 6.53. The molecule has 40 heavy (non-hydrogen) atoms. The van der Waals surface area contributed by atoms with E-state index in [1.165, 1.54) is 12.3 Å². The summed E-state index contributed by atoms with van der Waals surface area (Å²) in [7, 11) is 1.57. The Bertz CT molecular complexity index is 1410. The molecule has 0 radical (unpaired) electrons. The number of benzene rings is 2. The van der Waals surface area contributed by atoms with E-state index < -0.39 is 0 Å². The molecular formula is C29H32ClN7O3. The molecule has 10 nitrogen and oxygen atoms in total. The molecule has 2 heterocycles. The molecule has 0 atom stereocenters. The molecule has 0 aliphatic carbocycles. The first-order chi connectivity index (χ1) is 19.4. The number of unbranched alkanes of at least 4 members (excludes halogenated alkanes) is 1. The third-order valence-corrected chi connectivity index (χ3v) is 6.80. The van der Waals surface area contributed by atoms with Crippen molar-refractivity contribution in [2.24, 2.45) is 0 Å². The maximum Gasteiger partial charge on any atom is 0.253 e. The normalized spacial score (nSPS) is 12.2. The van der Waals surface area contributed by atoms with Crippen LogP contribution in [0.4, 0.5) is 23.1 Å². The summed E-state index contributed by atoms with van der Waals surface area (Å²) in [5.41, 5.74) is 4.12. The first-order valence-corrected chi connectivity index (χ1v) is 13.4. The monoisotopic (exact) mass is 561 g/mol. The Balaban J connectivity index is 1.36. The van der Waals surface area contributed by atoms with Crippen molar-refractivity contribution < 1.29 is 14.4 Å². The molecular weight excluding hydrogens is 530 g/mol. The van der Waals surface area contributed by atoms with E-state index in [1.807, 2.05) is 29.2 Å². The van der Waals surface area contributed by atoms with Crippen LogP contribution < -0.4 is 21.3 Å². The van der Waals surface area contributed by atoms with Crippen LogP contribution in [0.25, 0.3) is 0 Å². The smallest absolute Gasteiger partial charge is 0.253 e. The molecule has 2 aromatic carbocycles. The Hall–Kier alpha value is -4.44. The van der Waals surface area contributed by atoms with Crippen LogP contribution in [0, 0.1) is 0 Å². The fourth-order valence-corrected chi connectivity index (χ4v) is 4.52. The summed E-state index contributed by atoms with van der Waals surface area (Å²) in [5, 5.41) is 12.0. The molecule has 3 amide bonds. The van der Waals surface area contributed by atoms with Crippen molar-refractivity contribution in [1.29, 1.82) is 0 Å². The number of aromatic nitrogens is 2. The van der Waals surface area contributed by atoms with E-state index in [2.05, 4.69) is 37.8 Å². The Morgan fingerprint density at radius 1 is 1.10 bits per heavy atom. The van der Waals surface area contributed by atoms with Crippen LogP contribution in [0.2, 0.25) is 5.02 Å². The molecule has 4 rings (SSSR count). The second-order valence-electron chi connectivity index (χ2n) is 9.27. The minimum Gasteiger partial charge on any atom is -0.355 e. The van der Waals surface area contributed by atoms with Gasteiger partial charge in [0.15, 0.2) is 5.82 Å². The van der Waals surface area contributed by atoms with E-state index in [-0.39, 0.29) is 17.7 Å². The number of anilines is 4. The zero-order valence-corrected chi connectivity index (χ0v) is 23.1. The van der Waals surface area contributed by atoms with Gasteiger partial charge in [0, 0.05) is 38.8 Å². The molecule has 0 unspecified atom stereocenters. The van der Waals surface area contributed by atoms with Gasteiger partial charge >= 0.3 is 0 Å². The van der Waals surface area contributed by atoms with Crippen molar-refractivity contribution in [3.8, 4) is 0 Å². The number of hydrogen-bond acceptors (Lipinski definition) is 7. The molecule has 1 aromatic heterocycles. The molecule has 0 spiro atoms. The molecule has 1 aliphatic heterocycles. The Morgan fingerprint density at radius 2 is 1.93 bits per heavy atom. The number of rotatable bonds is 11. The molecule has 0 bridgehead atoms. The number of fused-ring (bicyclic) bond motifs is 1. The predicted molar refractivity (Wildman–Crippen MR) is 156 cm³/mol. The van der Waals surface area contributed by atoms with Crippen LogP contribution in [0.3, 0.4) is 0 Å². The van der Waals surface area contributed by atoms with Gasteiger partial charge in [-0.15, -0.1) is 0 Å². The molecule has 11 heteroatoms. The lowest BCUT2D eigenvalue weighted by Crippen LogP contribution is -2.35. The summed E-state index contributed by atoms with van der Waals surface area (Å²) in [4.78, 5) is 46.8. The highest BCUT2D eigenvalue weighted by Crippen LogP contribution is 2.28. The highest BCUT2D eigenvalue weighted by atomic mass is 35.5. The Labute approximate surface area is 238 Å². The van der Waals surface area contributed by atoms with Crippen LogP contribution in [0.1, 0.15) is 40.7 Å². The molecule has 1 aliphatic rings. The summed E-state index contributed by atoms with van der Waals surface area (Å²) >= 11 is 6.35. The largest absolute Gasteiger partial charge is 0.355 e. The molecule has 0 fully saturated rings. The van der Waals surface area contributed by atoms with Crippen molar-refractivity contribution >= 4 is 52.5 Å². The maximum absolute atomic E-state index is 12.7. The van der Waals surface area contributed by atoms with Crippen LogP contribution >= 0.6 is 11.6 Å². The van der Waals surface area contributed by atoms with Crippen LogP contribution in [-0.4, -0.2) is 52.7 Å². The Morgan fingerprint density at radius 3 is 2.73 bits per heavy atom. The van der Waals surface area contributed by atoms with Crippen molar-refractivity contribution in [2.45, 2.75) is 32.2 Å². The van der Waals surface area contributed by atoms with E-state index in [0.29, 0.717) is 54.1 Å². The molecule has 0 saturated carbocycles. The second-order valence-corrected chi connectivity index (χ2v) is 9.67. The fraction of sp³-hybridized carbons (Fsp3) is 0.276. The first-order valence-electron chi connectivity index (χ1n) is 13.1. The van der Waals surface area contributed by atoms with Gasteiger partial charge in [0.1, 0.15) is 5.02 Å². The van der Waals surface area contributed by atoms with Crippen LogP contribution in [0.5, 0.6) is 0 Å². The molecule has 4 N–H and O–H groups in total. The zero-order valence-electron chi connectivity index (χ0n) is 22.3. The fourth-order valence-electron chi connectivity index (χ4n) is 4.38. The van der Waals surface area contributed by atoms with Crippen molar-refractivity contribution in [2.75, 3.05) is 30.8 Å². The molecule has 3 aromatic rings. The van der Waals surface area contributed by atoms with Gasteiger partial charge in [-0.25, -0.2) is 4.98 Å². The van der Waals surface area contributed by atoms with Gasteiger partial charge in [-0.2, -0.15) is 4.98 Å². The summed E-state index contributed by atoms with van der Waals surface area (Å²) in [5.74, 6) is 0.411. The standard InChI is InChI=1S/C29H32ClN7O3/c1-3-25(38)32-14-7-6-10-26(39)37-15-13-19-16-21(12-11-20(19)18-37)34-29-33-17-23(30)27(36-29)35-24-9-5-4-8-22(24)28(40)31-2/h3-5,8-9,11-12,16-17H,1,6-7,10,13-15,18H2,2H3,(H,31,40)(H,32,38)(H2,33,34,35,36). The van der Waals surface area contributed by atoms with Gasteiger partial charge in [-0.05, 0) is 60.7 Å². The third kappa shape index (κ3) is 7.35. The summed E-state index contributed by atoms with van der Waals surface area (Å²) < 4.78 is 0. The van der Waals surface area contributed by atoms with E-state index in [0.717, 1.165) is 36.1 Å². The average Bonchev–Trinajstić information content (AvgIpc) is 2.98. The molecule has 0 saturated heterocycles. The highest BCUT2D eigenvalue weighted by molar-refractivity contribution is 6.33.